The fourth-order valence-electron chi connectivity index (χ4n) is 5.97. The molecule has 4 rings (SSSR count). The van der Waals surface area contributed by atoms with Crippen LogP contribution in [0.5, 0.6) is 0 Å². The number of halogens is 5. The molecule has 176 valence electrons. The molecule has 9 heteroatoms. The van der Waals surface area contributed by atoms with Crippen LogP contribution in [-0.2, 0) is 18.3 Å². The average molecular weight is 491 g/mol. The average Bonchev–Trinajstić information content (AvgIpc) is 3.02. The first kappa shape index (κ1) is 23.7. The van der Waals surface area contributed by atoms with Gasteiger partial charge in [0, 0.05) is 41.8 Å². The predicted octanol–water partition coefficient (Wildman–Crippen LogP) is 5.60. The largest absolute Gasteiger partial charge is 0.414 e. The SMILES string of the molecule is C[C@H]1[C@H]2CCC[C@@H](C(O)C(F)(F)F)[C@@H]2CCN1C(=O)Cc1c(Cl)ccc2c1c(Cl)cn2C. The molecule has 0 spiro atoms. The zero-order chi connectivity index (χ0) is 23.4. The van der Waals surface area contributed by atoms with Crippen molar-refractivity contribution in [3.05, 3.63) is 33.9 Å². The van der Waals surface area contributed by atoms with Crippen LogP contribution in [-0.4, -0.2) is 45.3 Å². The summed E-state index contributed by atoms with van der Waals surface area (Å²) in [7, 11) is 1.87. The molecule has 1 aromatic carbocycles. The number of aryl methyl sites for hydroxylation is 1. The van der Waals surface area contributed by atoms with Crippen LogP contribution in [0.25, 0.3) is 10.9 Å². The second-order valence-electron chi connectivity index (χ2n) is 9.21. The molecular weight excluding hydrogens is 464 g/mol. The zero-order valence-corrected chi connectivity index (χ0v) is 19.5. The summed E-state index contributed by atoms with van der Waals surface area (Å²) in [4.78, 5) is 15.1. The highest BCUT2D eigenvalue weighted by molar-refractivity contribution is 6.38. The molecule has 4 nitrogen and oxygen atoms in total. The fraction of sp³-hybridized carbons (Fsp3) is 0.609. The molecule has 1 unspecified atom stereocenters. The molecule has 1 N–H and O–H groups in total. The van der Waals surface area contributed by atoms with Crippen LogP contribution in [0.15, 0.2) is 18.3 Å². The third-order valence-corrected chi connectivity index (χ3v) is 8.18. The molecule has 2 fully saturated rings. The number of alkyl halides is 3. The van der Waals surface area contributed by atoms with Crippen molar-refractivity contribution < 1.29 is 23.1 Å². The maximum atomic E-state index is 13.3. The van der Waals surface area contributed by atoms with Crippen LogP contribution >= 0.6 is 23.2 Å². The van der Waals surface area contributed by atoms with Crippen LogP contribution in [0, 0.1) is 17.8 Å². The number of hydrogen-bond acceptors (Lipinski definition) is 2. The number of aromatic nitrogens is 1. The van der Waals surface area contributed by atoms with E-state index in [-0.39, 0.29) is 30.2 Å². The molecule has 1 aliphatic heterocycles. The summed E-state index contributed by atoms with van der Waals surface area (Å²) in [5.41, 5.74) is 1.55. The molecule has 0 radical (unpaired) electrons. The topological polar surface area (TPSA) is 45.5 Å². The van der Waals surface area contributed by atoms with Crippen LogP contribution in [0.3, 0.4) is 0 Å². The van der Waals surface area contributed by atoms with E-state index >= 15 is 0 Å². The van der Waals surface area contributed by atoms with Crippen molar-refractivity contribution in [2.75, 3.05) is 6.54 Å². The Balaban J connectivity index is 1.55. The lowest BCUT2D eigenvalue weighted by Gasteiger charge is -2.50. The van der Waals surface area contributed by atoms with Crippen molar-refractivity contribution >= 4 is 40.0 Å². The minimum atomic E-state index is -4.62. The van der Waals surface area contributed by atoms with Gasteiger partial charge < -0.3 is 14.6 Å². The molecule has 1 aromatic heterocycles. The van der Waals surface area contributed by atoms with Gasteiger partial charge in [0.1, 0.15) is 0 Å². The predicted molar refractivity (Wildman–Crippen MR) is 119 cm³/mol. The van der Waals surface area contributed by atoms with E-state index in [1.807, 2.05) is 24.6 Å². The van der Waals surface area contributed by atoms with Crippen LogP contribution < -0.4 is 0 Å². The normalized spacial score (nSPS) is 27.4. The van der Waals surface area contributed by atoms with Gasteiger partial charge in [-0.15, -0.1) is 0 Å². The Morgan fingerprint density at radius 3 is 2.59 bits per heavy atom. The van der Waals surface area contributed by atoms with E-state index in [4.69, 9.17) is 23.2 Å². The number of hydrogen-bond donors (Lipinski definition) is 1. The third-order valence-electron chi connectivity index (χ3n) is 7.54. The van der Waals surface area contributed by atoms with E-state index in [9.17, 15) is 23.1 Å². The van der Waals surface area contributed by atoms with Gasteiger partial charge in [-0.05, 0) is 61.6 Å². The van der Waals surface area contributed by atoms with Gasteiger partial charge in [-0.2, -0.15) is 13.2 Å². The number of fused-ring (bicyclic) bond motifs is 2. The number of aliphatic hydroxyl groups excluding tert-OH is 1. The maximum Gasteiger partial charge on any atom is 0.414 e. The van der Waals surface area contributed by atoms with Crippen molar-refractivity contribution in [2.45, 2.75) is 57.3 Å². The Hall–Kier alpha value is -1.44. The minimum Gasteiger partial charge on any atom is -0.383 e. The Kier molecular flexibility index (Phi) is 6.47. The second-order valence-corrected chi connectivity index (χ2v) is 10.0. The highest BCUT2D eigenvalue weighted by atomic mass is 35.5. The molecule has 5 atom stereocenters. The standard InChI is InChI=1S/C23H27Cl2F3N2O2/c1-12-13-4-3-5-15(22(32)23(26,27)28)14(13)8-9-30(12)20(31)10-16-17(24)6-7-19-21(16)18(25)11-29(19)2/h6-7,11-15,22,32H,3-5,8-10H2,1-2H3/t12-,13+,14+,15+,22?/m0/s1. The van der Waals surface area contributed by atoms with Crippen molar-refractivity contribution in [3.63, 3.8) is 0 Å². The summed E-state index contributed by atoms with van der Waals surface area (Å²) in [6.07, 6.45) is -2.85. The number of benzene rings is 1. The number of likely N-dealkylation sites (tertiary alicyclic amines) is 1. The van der Waals surface area contributed by atoms with E-state index in [0.717, 1.165) is 17.3 Å². The maximum absolute atomic E-state index is 13.3. The first-order chi connectivity index (χ1) is 15.0. The molecule has 2 aliphatic rings. The van der Waals surface area contributed by atoms with E-state index in [2.05, 4.69) is 0 Å². The molecule has 1 saturated carbocycles. The van der Waals surface area contributed by atoms with Crippen molar-refractivity contribution in [1.82, 2.24) is 9.47 Å². The van der Waals surface area contributed by atoms with Gasteiger partial charge in [-0.3, -0.25) is 4.79 Å². The lowest BCUT2D eigenvalue weighted by atomic mass is 9.64. The Bertz CT molecular complexity index is 1020. The van der Waals surface area contributed by atoms with Crippen molar-refractivity contribution in [1.29, 1.82) is 0 Å². The number of carbonyl (C=O) groups is 1. The Labute approximate surface area is 195 Å². The number of nitrogens with zero attached hydrogens (tertiary/aromatic N) is 2. The lowest BCUT2D eigenvalue weighted by molar-refractivity contribution is -0.233. The van der Waals surface area contributed by atoms with Crippen LogP contribution in [0.1, 0.15) is 38.2 Å². The van der Waals surface area contributed by atoms with Crippen molar-refractivity contribution in [3.8, 4) is 0 Å². The fourth-order valence-corrected chi connectivity index (χ4v) is 6.55. The minimum absolute atomic E-state index is 0.0602. The smallest absolute Gasteiger partial charge is 0.383 e. The Morgan fingerprint density at radius 1 is 1.19 bits per heavy atom. The van der Waals surface area contributed by atoms with E-state index in [0.29, 0.717) is 41.4 Å². The van der Waals surface area contributed by atoms with Gasteiger partial charge in [0.2, 0.25) is 5.91 Å². The number of amides is 1. The number of rotatable bonds is 3. The Morgan fingerprint density at radius 2 is 1.91 bits per heavy atom. The van der Waals surface area contributed by atoms with E-state index < -0.39 is 18.2 Å². The lowest BCUT2D eigenvalue weighted by Crippen LogP contribution is -2.55. The quantitative estimate of drug-likeness (QED) is 0.608. The van der Waals surface area contributed by atoms with Crippen molar-refractivity contribution in [2.24, 2.45) is 24.8 Å². The molecular formula is C23H27Cl2F3N2O2. The third kappa shape index (κ3) is 4.12. The van der Waals surface area contributed by atoms with Gasteiger partial charge >= 0.3 is 6.18 Å². The van der Waals surface area contributed by atoms with E-state index in [1.165, 1.54) is 0 Å². The first-order valence-electron chi connectivity index (χ1n) is 11.0. The van der Waals surface area contributed by atoms with Gasteiger partial charge in [-0.1, -0.05) is 29.6 Å². The molecule has 2 aromatic rings. The molecule has 1 amide bonds. The highest BCUT2D eigenvalue weighted by Crippen LogP contribution is 2.47. The zero-order valence-electron chi connectivity index (χ0n) is 18.0. The first-order valence-corrected chi connectivity index (χ1v) is 11.7. The molecule has 32 heavy (non-hydrogen) atoms. The van der Waals surface area contributed by atoms with Gasteiger partial charge in [-0.25, -0.2) is 0 Å². The molecule has 2 heterocycles. The van der Waals surface area contributed by atoms with Crippen LogP contribution in [0.2, 0.25) is 10.0 Å². The summed E-state index contributed by atoms with van der Waals surface area (Å²) in [6.45, 7) is 2.28. The number of aliphatic hydroxyl groups is 1. The summed E-state index contributed by atoms with van der Waals surface area (Å²) < 4.78 is 41.5. The number of piperidine rings is 1. The van der Waals surface area contributed by atoms with E-state index in [1.54, 1.807) is 17.2 Å². The van der Waals surface area contributed by atoms with Gasteiger partial charge in [0.25, 0.3) is 0 Å². The monoisotopic (exact) mass is 490 g/mol. The van der Waals surface area contributed by atoms with Gasteiger partial charge in [0.15, 0.2) is 6.10 Å². The van der Waals surface area contributed by atoms with Crippen LogP contribution in [0.4, 0.5) is 13.2 Å². The second kappa shape index (κ2) is 8.73. The molecule has 1 aliphatic carbocycles. The summed E-state index contributed by atoms with van der Waals surface area (Å²) >= 11 is 12.8. The molecule has 1 saturated heterocycles. The van der Waals surface area contributed by atoms with Gasteiger partial charge in [0.05, 0.1) is 11.4 Å². The summed E-state index contributed by atoms with van der Waals surface area (Å²) in [5.74, 6) is -1.21. The highest BCUT2D eigenvalue weighted by Gasteiger charge is 2.51. The summed E-state index contributed by atoms with van der Waals surface area (Å²) in [6, 6.07) is 3.41. The number of carbonyl (C=O) groups excluding carboxylic acids is 1. The molecule has 0 bridgehead atoms. The summed E-state index contributed by atoms with van der Waals surface area (Å²) in [5, 5.41) is 11.7.